The SMILES string of the molecule is CCc1cc(C(=O)NCC2(C(=O)O)CCC2)cc(Cl)n1. The summed E-state index contributed by atoms with van der Waals surface area (Å²) < 4.78 is 0. The van der Waals surface area contributed by atoms with Crippen molar-refractivity contribution in [2.75, 3.05) is 6.54 Å². The average molecular weight is 297 g/mol. The summed E-state index contributed by atoms with van der Waals surface area (Å²) in [5.74, 6) is -1.15. The lowest BCUT2D eigenvalue weighted by atomic mass is 9.69. The van der Waals surface area contributed by atoms with Crippen molar-refractivity contribution in [3.63, 3.8) is 0 Å². The van der Waals surface area contributed by atoms with Gasteiger partial charge in [0.25, 0.3) is 5.91 Å². The van der Waals surface area contributed by atoms with E-state index in [4.69, 9.17) is 11.6 Å². The number of aryl methyl sites for hydroxylation is 1. The van der Waals surface area contributed by atoms with E-state index in [-0.39, 0.29) is 17.6 Å². The number of carboxylic acid groups (broad SMARTS) is 1. The summed E-state index contributed by atoms with van der Waals surface area (Å²) in [6.45, 7) is 2.08. The van der Waals surface area contributed by atoms with E-state index in [0.29, 0.717) is 24.8 Å². The van der Waals surface area contributed by atoms with Crippen molar-refractivity contribution in [3.05, 3.63) is 28.5 Å². The molecule has 20 heavy (non-hydrogen) atoms. The number of amides is 1. The molecular formula is C14H17ClN2O3. The Hall–Kier alpha value is -1.62. The number of hydrogen-bond acceptors (Lipinski definition) is 3. The van der Waals surface area contributed by atoms with Gasteiger partial charge in [-0.25, -0.2) is 4.98 Å². The Labute approximate surface area is 122 Å². The lowest BCUT2D eigenvalue weighted by molar-refractivity contribution is -0.153. The van der Waals surface area contributed by atoms with Gasteiger partial charge in [-0.15, -0.1) is 0 Å². The first kappa shape index (κ1) is 14.8. The van der Waals surface area contributed by atoms with Gasteiger partial charge in [0, 0.05) is 17.8 Å². The topological polar surface area (TPSA) is 79.3 Å². The molecule has 0 saturated heterocycles. The van der Waals surface area contributed by atoms with Crippen LogP contribution in [0.5, 0.6) is 0 Å². The largest absolute Gasteiger partial charge is 0.481 e. The standard InChI is InChI=1S/C14H17ClN2O3/c1-2-10-6-9(7-11(15)17-10)12(18)16-8-14(13(19)20)4-3-5-14/h6-7H,2-5,8H2,1H3,(H,16,18)(H,19,20). The van der Waals surface area contributed by atoms with E-state index in [2.05, 4.69) is 10.3 Å². The first-order valence-electron chi connectivity index (χ1n) is 6.65. The smallest absolute Gasteiger partial charge is 0.311 e. The first-order valence-corrected chi connectivity index (χ1v) is 7.03. The molecule has 0 radical (unpaired) electrons. The molecule has 0 unspecified atom stereocenters. The summed E-state index contributed by atoms with van der Waals surface area (Å²) in [6, 6.07) is 3.17. The minimum Gasteiger partial charge on any atom is -0.481 e. The average Bonchev–Trinajstić information content (AvgIpc) is 2.35. The highest BCUT2D eigenvalue weighted by Gasteiger charge is 2.44. The fourth-order valence-electron chi connectivity index (χ4n) is 2.28. The highest BCUT2D eigenvalue weighted by Crippen LogP contribution is 2.40. The van der Waals surface area contributed by atoms with Crippen LogP contribution >= 0.6 is 11.6 Å². The Morgan fingerprint density at radius 3 is 2.65 bits per heavy atom. The van der Waals surface area contributed by atoms with E-state index in [0.717, 1.165) is 12.1 Å². The maximum Gasteiger partial charge on any atom is 0.311 e. The number of halogens is 1. The second-order valence-corrected chi connectivity index (χ2v) is 5.53. The molecule has 1 aliphatic carbocycles. The summed E-state index contributed by atoms with van der Waals surface area (Å²) >= 11 is 5.87. The van der Waals surface area contributed by atoms with Crippen LogP contribution in [0.2, 0.25) is 5.15 Å². The molecule has 108 valence electrons. The van der Waals surface area contributed by atoms with Crippen LogP contribution < -0.4 is 5.32 Å². The summed E-state index contributed by atoms with van der Waals surface area (Å²) in [6.07, 6.45) is 2.79. The van der Waals surface area contributed by atoms with Crippen LogP contribution in [0.4, 0.5) is 0 Å². The minimum atomic E-state index is -0.842. The Morgan fingerprint density at radius 2 is 2.15 bits per heavy atom. The number of hydrogen-bond donors (Lipinski definition) is 2. The third-order valence-electron chi connectivity index (χ3n) is 3.82. The van der Waals surface area contributed by atoms with Crippen LogP contribution in [0.1, 0.15) is 42.2 Å². The molecule has 5 nitrogen and oxygen atoms in total. The van der Waals surface area contributed by atoms with Gasteiger partial charge < -0.3 is 10.4 Å². The summed E-state index contributed by atoms with van der Waals surface area (Å²) in [4.78, 5) is 27.4. The zero-order chi connectivity index (χ0) is 14.8. The summed E-state index contributed by atoms with van der Waals surface area (Å²) in [5, 5.41) is 12.2. The molecule has 1 fully saturated rings. The monoisotopic (exact) mass is 296 g/mol. The van der Waals surface area contributed by atoms with Crippen molar-refractivity contribution in [1.29, 1.82) is 0 Å². The van der Waals surface area contributed by atoms with E-state index in [9.17, 15) is 14.7 Å². The number of carbonyl (C=O) groups is 2. The molecule has 1 aliphatic rings. The van der Waals surface area contributed by atoms with E-state index in [1.165, 1.54) is 6.07 Å². The van der Waals surface area contributed by atoms with E-state index in [1.54, 1.807) is 6.07 Å². The van der Waals surface area contributed by atoms with Gasteiger partial charge in [-0.05, 0) is 31.4 Å². The summed E-state index contributed by atoms with van der Waals surface area (Å²) in [7, 11) is 0. The van der Waals surface area contributed by atoms with Gasteiger partial charge in [0.05, 0.1) is 5.41 Å². The fraction of sp³-hybridized carbons (Fsp3) is 0.500. The predicted molar refractivity (Wildman–Crippen MR) is 74.9 cm³/mol. The maximum absolute atomic E-state index is 12.1. The van der Waals surface area contributed by atoms with Crippen molar-refractivity contribution in [2.45, 2.75) is 32.6 Å². The normalized spacial score (nSPS) is 16.3. The fourth-order valence-corrected chi connectivity index (χ4v) is 2.51. The molecule has 0 atom stereocenters. The third kappa shape index (κ3) is 2.93. The highest BCUT2D eigenvalue weighted by molar-refractivity contribution is 6.29. The Morgan fingerprint density at radius 1 is 1.45 bits per heavy atom. The maximum atomic E-state index is 12.1. The van der Waals surface area contributed by atoms with Gasteiger partial charge in [0.2, 0.25) is 0 Å². The van der Waals surface area contributed by atoms with Gasteiger partial charge in [0.15, 0.2) is 0 Å². The highest BCUT2D eigenvalue weighted by atomic mass is 35.5. The molecule has 6 heteroatoms. The summed E-state index contributed by atoms with van der Waals surface area (Å²) in [5.41, 5.74) is 0.362. The number of aromatic nitrogens is 1. The van der Waals surface area contributed by atoms with Gasteiger partial charge >= 0.3 is 5.97 Å². The second-order valence-electron chi connectivity index (χ2n) is 5.15. The number of nitrogens with zero attached hydrogens (tertiary/aromatic N) is 1. The van der Waals surface area contributed by atoms with Gasteiger partial charge in [-0.1, -0.05) is 24.9 Å². The molecule has 2 N–H and O–H groups in total. The Kier molecular flexibility index (Phi) is 4.28. The molecule has 0 bridgehead atoms. The number of rotatable bonds is 5. The van der Waals surface area contributed by atoms with Crippen molar-refractivity contribution in [1.82, 2.24) is 10.3 Å². The second kappa shape index (κ2) is 5.79. The van der Waals surface area contributed by atoms with Crippen LogP contribution in [-0.4, -0.2) is 28.5 Å². The van der Waals surface area contributed by atoms with E-state index in [1.807, 2.05) is 6.92 Å². The van der Waals surface area contributed by atoms with Gasteiger partial charge in [-0.2, -0.15) is 0 Å². The van der Waals surface area contributed by atoms with Gasteiger partial charge in [0.1, 0.15) is 5.15 Å². The zero-order valence-corrected chi connectivity index (χ0v) is 12.0. The number of carbonyl (C=O) groups excluding carboxylic acids is 1. The number of carboxylic acids is 1. The molecule has 1 saturated carbocycles. The van der Waals surface area contributed by atoms with Crippen molar-refractivity contribution in [2.24, 2.45) is 5.41 Å². The van der Waals surface area contributed by atoms with Crippen LogP contribution in [0.3, 0.4) is 0 Å². The van der Waals surface area contributed by atoms with Crippen LogP contribution in [0.15, 0.2) is 12.1 Å². The number of nitrogens with one attached hydrogen (secondary N) is 1. The van der Waals surface area contributed by atoms with Crippen molar-refractivity contribution in [3.8, 4) is 0 Å². The van der Waals surface area contributed by atoms with E-state index >= 15 is 0 Å². The van der Waals surface area contributed by atoms with Crippen LogP contribution in [0, 0.1) is 5.41 Å². The first-order chi connectivity index (χ1) is 9.47. The zero-order valence-electron chi connectivity index (χ0n) is 11.3. The Bertz CT molecular complexity index is 541. The molecular weight excluding hydrogens is 280 g/mol. The predicted octanol–water partition coefficient (Wildman–Crippen LogP) is 2.28. The van der Waals surface area contributed by atoms with Crippen LogP contribution in [-0.2, 0) is 11.2 Å². The van der Waals surface area contributed by atoms with Crippen molar-refractivity contribution >= 4 is 23.5 Å². The molecule has 2 rings (SSSR count). The van der Waals surface area contributed by atoms with Gasteiger partial charge in [-0.3, -0.25) is 9.59 Å². The van der Waals surface area contributed by atoms with Crippen LogP contribution in [0.25, 0.3) is 0 Å². The lowest BCUT2D eigenvalue weighted by Crippen LogP contribution is -2.47. The molecule has 0 aromatic carbocycles. The molecule has 1 amide bonds. The molecule has 1 aromatic rings. The Balaban J connectivity index is 2.05. The number of aliphatic carboxylic acids is 1. The lowest BCUT2D eigenvalue weighted by Gasteiger charge is -2.37. The molecule has 0 aliphatic heterocycles. The van der Waals surface area contributed by atoms with Crippen molar-refractivity contribution < 1.29 is 14.7 Å². The number of pyridine rings is 1. The quantitative estimate of drug-likeness (QED) is 0.817. The molecule has 1 heterocycles. The molecule has 1 aromatic heterocycles. The minimum absolute atomic E-state index is 0.155. The third-order valence-corrected chi connectivity index (χ3v) is 4.02. The van der Waals surface area contributed by atoms with E-state index < -0.39 is 11.4 Å². The molecule has 0 spiro atoms.